The molecule has 4 heteroatoms. The van der Waals surface area contributed by atoms with E-state index in [1.807, 2.05) is 0 Å². The molecule has 0 amide bonds. The van der Waals surface area contributed by atoms with Gasteiger partial charge in [0, 0.05) is 48.5 Å². The summed E-state index contributed by atoms with van der Waals surface area (Å²) in [5.74, 6) is 0. The summed E-state index contributed by atoms with van der Waals surface area (Å²) in [6.45, 7) is 0. The molecule has 4 aromatic heterocycles. The van der Waals surface area contributed by atoms with E-state index in [1.165, 1.54) is 76.8 Å². The Labute approximate surface area is 257 Å². The molecule has 0 N–H and O–H groups in total. The zero-order chi connectivity index (χ0) is 29.9. The lowest BCUT2D eigenvalue weighted by atomic mass is 9.82. The highest BCUT2D eigenvalue weighted by Gasteiger charge is 2.21. The molecule has 0 saturated carbocycles. The molecule has 0 radical (unpaired) electrons. The van der Waals surface area contributed by atoms with Crippen LogP contribution in [0.2, 0.25) is 0 Å². The molecule has 4 nitrogen and oxygen atoms in total. The van der Waals surface area contributed by atoms with Gasteiger partial charge in [0.2, 0.25) is 0 Å². The first kappa shape index (κ1) is 26.2. The van der Waals surface area contributed by atoms with E-state index in [1.54, 1.807) is 0 Å². The monoisotopic (exact) mass is 570 g/mol. The number of nitrogens with zero attached hydrogens (tertiary/aromatic N) is 4. The highest BCUT2D eigenvalue weighted by atomic mass is 14.9. The van der Waals surface area contributed by atoms with E-state index in [0.29, 0.717) is 0 Å². The summed E-state index contributed by atoms with van der Waals surface area (Å²) < 4.78 is 8.37. The summed E-state index contributed by atoms with van der Waals surface area (Å²) in [4.78, 5) is 0. The minimum absolute atomic E-state index is 1.22. The van der Waals surface area contributed by atoms with Gasteiger partial charge in [-0.3, -0.25) is 0 Å². The lowest BCUT2D eigenvalue weighted by Gasteiger charge is -2.21. The molecule has 4 aromatic carbocycles. The highest BCUT2D eigenvalue weighted by Crippen LogP contribution is 2.48. The number of benzene rings is 4. The van der Waals surface area contributed by atoms with Gasteiger partial charge in [0.15, 0.2) is 49.6 Å². The fourth-order valence-corrected chi connectivity index (χ4v) is 6.67. The first-order valence-electron chi connectivity index (χ1n) is 15.1. The quantitative estimate of drug-likeness (QED) is 0.169. The van der Waals surface area contributed by atoms with Crippen LogP contribution in [0.1, 0.15) is 0 Å². The fraction of sp³-hybridized carbons (Fsp3) is 0.100. The van der Waals surface area contributed by atoms with Crippen LogP contribution in [0.4, 0.5) is 0 Å². The zero-order valence-corrected chi connectivity index (χ0v) is 25.5. The predicted octanol–water partition coefficient (Wildman–Crippen LogP) is 6.55. The summed E-state index contributed by atoms with van der Waals surface area (Å²) in [5, 5.41) is 7.75. The van der Waals surface area contributed by atoms with Crippen molar-refractivity contribution in [2.24, 2.45) is 28.2 Å². The van der Waals surface area contributed by atoms with Crippen LogP contribution in [0.15, 0.2) is 135 Å². The first-order chi connectivity index (χ1) is 21.4. The maximum Gasteiger partial charge on any atom is 0.169 e. The standard InChI is InChI=1S/C40H34N4/c1-41-17-9-27(10-18-41)35-25-36(28-11-19-42(2)20-12-28)32-7-8-34-38(30-15-23-44(4)24-16-30)26-37(29-13-21-43(3)22-14-29)33-6-5-31(35)39(32)40(33)34/h5-26H,1-4H3/q+4. The normalized spacial score (nSPS) is 11.6. The Morgan fingerprint density at radius 2 is 0.500 bits per heavy atom. The number of hydrogen-bond acceptors (Lipinski definition) is 0. The maximum absolute atomic E-state index is 2.39. The third kappa shape index (κ3) is 4.22. The molecule has 8 aromatic rings. The van der Waals surface area contributed by atoms with E-state index < -0.39 is 0 Å². The Balaban J connectivity index is 1.56. The third-order valence-corrected chi connectivity index (χ3v) is 9.06. The molecule has 4 heterocycles. The van der Waals surface area contributed by atoms with Gasteiger partial charge in [-0.1, -0.05) is 24.3 Å². The van der Waals surface area contributed by atoms with Crippen molar-refractivity contribution in [1.29, 1.82) is 0 Å². The molecule has 0 aliphatic carbocycles. The Bertz CT molecular complexity index is 1990. The van der Waals surface area contributed by atoms with Crippen molar-refractivity contribution in [3.63, 3.8) is 0 Å². The van der Waals surface area contributed by atoms with Gasteiger partial charge in [0.1, 0.15) is 28.2 Å². The second-order valence-corrected chi connectivity index (χ2v) is 12.0. The molecule has 44 heavy (non-hydrogen) atoms. The zero-order valence-electron chi connectivity index (χ0n) is 25.5. The minimum Gasteiger partial charge on any atom is -0.208 e. The van der Waals surface area contributed by atoms with Crippen molar-refractivity contribution in [3.8, 4) is 44.5 Å². The van der Waals surface area contributed by atoms with Crippen LogP contribution in [0.3, 0.4) is 0 Å². The SMILES string of the molecule is C[n+]1ccc(-c2cc(-c3cc[n+](C)cc3)c3ccc4c(-c5cc[n+](C)cc5)cc(-c5cc[n+](C)cc5)c5ccc2c3c54)cc1. The summed E-state index contributed by atoms with van der Waals surface area (Å²) in [6.07, 6.45) is 17.1. The molecule has 0 fully saturated rings. The fourth-order valence-electron chi connectivity index (χ4n) is 6.67. The molecule has 0 bridgehead atoms. The van der Waals surface area contributed by atoms with E-state index in [9.17, 15) is 0 Å². The van der Waals surface area contributed by atoms with Gasteiger partial charge in [0.05, 0.1) is 0 Å². The molecule has 0 aliphatic heterocycles. The van der Waals surface area contributed by atoms with Gasteiger partial charge < -0.3 is 0 Å². The molecule has 8 rings (SSSR count). The topological polar surface area (TPSA) is 15.5 Å². The summed E-state index contributed by atoms with van der Waals surface area (Å²) in [6, 6.07) is 32.0. The van der Waals surface area contributed by atoms with E-state index in [4.69, 9.17) is 0 Å². The average Bonchev–Trinajstić information content (AvgIpc) is 3.05. The maximum atomic E-state index is 2.39. The first-order valence-corrected chi connectivity index (χ1v) is 15.1. The van der Waals surface area contributed by atoms with Crippen molar-refractivity contribution in [3.05, 3.63) is 135 Å². The molecule has 0 spiro atoms. The number of aryl methyl sites for hydroxylation is 4. The minimum atomic E-state index is 1.22. The van der Waals surface area contributed by atoms with Crippen molar-refractivity contribution in [1.82, 2.24) is 0 Å². The third-order valence-electron chi connectivity index (χ3n) is 9.06. The molecular formula is C40H34N4+4. The van der Waals surface area contributed by atoms with Gasteiger partial charge >= 0.3 is 0 Å². The Kier molecular flexibility index (Phi) is 5.98. The van der Waals surface area contributed by atoms with Gasteiger partial charge in [0.25, 0.3) is 0 Å². The highest BCUT2D eigenvalue weighted by molar-refractivity contribution is 6.31. The van der Waals surface area contributed by atoms with Gasteiger partial charge in [-0.15, -0.1) is 0 Å². The molecule has 0 unspecified atom stereocenters. The lowest BCUT2D eigenvalue weighted by Crippen LogP contribution is -2.25. The van der Waals surface area contributed by atoms with Gasteiger partial charge in [-0.2, -0.15) is 0 Å². The van der Waals surface area contributed by atoms with Crippen LogP contribution < -0.4 is 18.3 Å². The van der Waals surface area contributed by atoms with Crippen LogP contribution >= 0.6 is 0 Å². The van der Waals surface area contributed by atoms with Gasteiger partial charge in [-0.25, -0.2) is 18.3 Å². The number of rotatable bonds is 4. The van der Waals surface area contributed by atoms with Crippen molar-refractivity contribution >= 4 is 32.3 Å². The van der Waals surface area contributed by atoms with Crippen molar-refractivity contribution < 1.29 is 18.3 Å². The van der Waals surface area contributed by atoms with E-state index >= 15 is 0 Å². The molecular weight excluding hydrogens is 536 g/mol. The predicted molar refractivity (Wildman–Crippen MR) is 177 cm³/mol. The summed E-state index contributed by atoms with van der Waals surface area (Å²) in [7, 11) is 8.28. The van der Waals surface area contributed by atoms with Crippen molar-refractivity contribution in [2.45, 2.75) is 0 Å². The smallest absolute Gasteiger partial charge is 0.169 e. The molecule has 0 aliphatic rings. The molecule has 0 saturated heterocycles. The number of hydrogen-bond donors (Lipinski definition) is 0. The second-order valence-electron chi connectivity index (χ2n) is 12.0. The van der Waals surface area contributed by atoms with Crippen LogP contribution in [-0.2, 0) is 28.2 Å². The summed E-state index contributed by atoms with van der Waals surface area (Å²) >= 11 is 0. The van der Waals surface area contributed by atoms with Crippen LogP contribution in [0, 0.1) is 0 Å². The largest absolute Gasteiger partial charge is 0.208 e. The molecule has 210 valence electrons. The number of pyridine rings is 4. The van der Waals surface area contributed by atoms with Crippen LogP contribution in [0.5, 0.6) is 0 Å². The Morgan fingerprint density at radius 1 is 0.295 bits per heavy atom. The lowest BCUT2D eigenvalue weighted by molar-refractivity contribution is -0.671. The van der Waals surface area contributed by atoms with E-state index in [2.05, 4.69) is 181 Å². The van der Waals surface area contributed by atoms with Crippen molar-refractivity contribution in [2.75, 3.05) is 0 Å². The van der Waals surface area contributed by atoms with E-state index in [-0.39, 0.29) is 0 Å². The van der Waals surface area contributed by atoms with Crippen LogP contribution in [-0.4, -0.2) is 0 Å². The summed E-state index contributed by atoms with van der Waals surface area (Å²) in [5.41, 5.74) is 9.88. The average molecular weight is 571 g/mol. The number of aromatic nitrogens is 4. The Morgan fingerprint density at radius 3 is 0.705 bits per heavy atom. The second kappa shape index (κ2) is 10.1. The van der Waals surface area contributed by atoms with Gasteiger partial charge in [-0.05, 0) is 89.0 Å². The Hall–Kier alpha value is -5.48. The molecule has 0 atom stereocenters. The van der Waals surface area contributed by atoms with Crippen LogP contribution in [0.25, 0.3) is 76.8 Å². The van der Waals surface area contributed by atoms with E-state index in [0.717, 1.165) is 0 Å².